The van der Waals surface area contributed by atoms with Crippen LogP contribution in [0, 0.1) is 18.3 Å². The first-order valence-corrected chi connectivity index (χ1v) is 15.8. The van der Waals surface area contributed by atoms with E-state index in [1.807, 2.05) is 6.07 Å². The summed E-state index contributed by atoms with van der Waals surface area (Å²) in [5.41, 5.74) is -1.06. The number of H-pyrrole nitrogens is 1. The molecule has 0 bridgehead atoms. The molecule has 0 aliphatic heterocycles. The monoisotopic (exact) mass is 544 g/mol. The Morgan fingerprint density at radius 3 is 2.47 bits per heavy atom. The second-order valence-electron chi connectivity index (χ2n) is 10.4. The number of hydrogen-bond acceptors (Lipinski definition) is 5. The number of ether oxygens (including phenoxy) is 3. The van der Waals surface area contributed by atoms with Crippen LogP contribution in [-0.4, -0.2) is 49.6 Å². The van der Waals surface area contributed by atoms with Crippen molar-refractivity contribution in [1.29, 1.82) is 5.26 Å². The molecule has 0 aliphatic carbocycles. The van der Waals surface area contributed by atoms with Crippen LogP contribution in [0.2, 0.25) is 25.7 Å². The van der Waals surface area contributed by atoms with Gasteiger partial charge < -0.3 is 23.8 Å². The van der Waals surface area contributed by atoms with Crippen LogP contribution in [0.3, 0.4) is 0 Å². The maximum absolute atomic E-state index is 15.5. The summed E-state index contributed by atoms with van der Waals surface area (Å²) < 4.78 is 64.7. The van der Waals surface area contributed by atoms with Crippen LogP contribution in [0.4, 0.5) is 13.2 Å². The number of halogens is 3. The summed E-state index contributed by atoms with van der Waals surface area (Å²) in [6.45, 7) is 8.61. The lowest BCUT2D eigenvalue weighted by Gasteiger charge is -2.36. The number of benzene rings is 2. The van der Waals surface area contributed by atoms with Gasteiger partial charge in [-0.3, -0.25) is 0 Å². The number of methoxy groups -OCH3 is 2. The van der Waals surface area contributed by atoms with Gasteiger partial charge >= 0.3 is 6.18 Å². The van der Waals surface area contributed by atoms with E-state index in [-0.39, 0.29) is 29.1 Å². The standard InChI is InChI=1S/C27H31F3N4O3Si/c1-17-13-22(35-2)23(19-9-10-32-24(17)19)26(36-3,27(28,29)30)25-33-20-14-18(15-31)7-8-21(20)34(25)16-37-11-12-38(4,5)6/h7-10,13-14,32H,11-12,16H2,1-6H3. The van der Waals surface area contributed by atoms with Crippen molar-refractivity contribution in [3.8, 4) is 11.8 Å². The van der Waals surface area contributed by atoms with Crippen LogP contribution >= 0.6 is 0 Å². The van der Waals surface area contributed by atoms with Crippen molar-refractivity contribution in [3.05, 3.63) is 59.0 Å². The molecule has 0 spiro atoms. The Morgan fingerprint density at radius 1 is 1.13 bits per heavy atom. The third kappa shape index (κ3) is 4.68. The highest BCUT2D eigenvalue weighted by Gasteiger charge is 2.63. The van der Waals surface area contributed by atoms with Crippen LogP contribution < -0.4 is 4.74 Å². The molecule has 11 heteroatoms. The zero-order chi connectivity index (χ0) is 27.9. The minimum Gasteiger partial charge on any atom is -0.496 e. The molecule has 202 valence electrons. The first-order chi connectivity index (χ1) is 17.9. The SMILES string of the molecule is COc1cc(C)c2[nH]ccc2c1C(OC)(c1nc2cc(C#N)ccc2n1COCC[Si](C)(C)C)C(F)(F)F. The summed E-state index contributed by atoms with van der Waals surface area (Å²) in [6.07, 6.45) is -3.37. The van der Waals surface area contributed by atoms with E-state index in [1.165, 1.54) is 17.7 Å². The van der Waals surface area contributed by atoms with Crippen molar-refractivity contribution in [2.24, 2.45) is 0 Å². The summed E-state index contributed by atoms with van der Waals surface area (Å²) in [5.74, 6) is -0.389. The summed E-state index contributed by atoms with van der Waals surface area (Å²) in [4.78, 5) is 7.48. The average Bonchev–Trinajstić information content (AvgIpc) is 3.47. The summed E-state index contributed by atoms with van der Waals surface area (Å²) in [6, 6.07) is 10.6. The quantitative estimate of drug-likeness (QED) is 0.193. The number of fused-ring (bicyclic) bond motifs is 2. The normalized spacial score (nSPS) is 14.1. The Bertz CT molecular complexity index is 1510. The molecule has 1 N–H and O–H groups in total. The molecule has 7 nitrogen and oxygen atoms in total. The maximum atomic E-state index is 15.5. The molecule has 0 saturated heterocycles. The number of imidazole rings is 1. The molecule has 38 heavy (non-hydrogen) atoms. The first kappa shape index (κ1) is 27.7. The smallest absolute Gasteiger partial charge is 0.429 e. The number of aromatic nitrogens is 3. The van der Waals surface area contributed by atoms with Gasteiger partial charge in [-0.2, -0.15) is 18.4 Å². The van der Waals surface area contributed by atoms with E-state index in [2.05, 4.69) is 29.6 Å². The van der Waals surface area contributed by atoms with Crippen LogP contribution in [0.5, 0.6) is 5.75 Å². The van der Waals surface area contributed by atoms with Crippen molar-refractivity contribution in [2.45, 2.75) is 51.1 Å². The van der Waals surface area contributed by atoms with Gasteiger partial charge in [-0.25, -0.2) is 4.98 Å². The van der Waals surface area contributed by atoms with Gasteiger partial charge in [-0.1, -0.05) is 19.6 Å². The van der Waals surface area contributed by atoms with Gasteiger partial charge in [-0.05, 0) is 48.9 Å². The number of rotatable bonds is 9. The van der Waals surface area contributed by atoms with E-state index in [1.54, 1.807) is 37.4 Å². The number of aromatic amines is 1. The summed E-state index contributed by atoms with van der Waals surface area (Å²) in [7, 11) is 0.908. The fourth-order valence-corrected chi connectivity index (χ4v) is 5.48. The van der Waals surface area contributed by atoms with Crippen LogP contribution in [-0.2, 0) is 21.8 Å². The van der Waals surface area contributed by atoms with Gasteiger partial charge in [0.05, 0.1) is 35.3 Å². The summed E-state index contributed by atoms with van der Waals surface area (Å²) >= 11 is 0. The Hall–Kier alpha value is -3.33. The number of hydrogen-bond donors (Lipinski definition) is 1. The van der Waals surface area contributed by atoms with Gasteiger partial charge in [0.2, 0.25) is 0 Å². The molecule has 0 amide bonds. The molecule has 2 heterocycles. The molecule has 0 fully saturated rings. The molecule has 4 aromatic rings. The molecule has 0 saturated carbocycles. The average molecular weight is 545 g/mol. The Labute approximate surface area is 220 Å². The highest BCUT2D eigenvalue weighted by Crippen LogP contribution is 2.52. The second-order valence-corrected chi connectivity index (χ2v) is 16.1. The van der Waals surface area contributed by atoms with E-state index in [9.17, 15) is 5.26 Å². The second kappa shape index (κ2) is 10.1. The Morgan fingerprint density at radius 2 is 1.87 bits per heavy atom. The van der Waals surface area contributed by atoms with Gasteiger partial charge in [0.1, 0.15) is 12.5 Å². The van der Waals surface area contributed by atoms with Crippen LogP contribution in [0.15, 0.2) is 36.5 Å². The zero-order valence-electron chi connectivity index (χ0n) is 22.3. The summed E-state index contributed by atoms with van der Waals surface area (Å²) in [5, 5.41) is 9.70. The van der Waals surface area contributed by atoms with Crippen molar-refractivity contribution in [3.63, 3.8) is 0 Å². The Balaban J connectivity index is 2.05. The van der Waals surface area contributed by atoms with E-state index >= 15 is 13.2 Å². The van der Waals surface area contributed by atoms with Gasteiger partial charge in [0, 0.05) is 38.9 Å². The lowest BCUT2D eigenvalue weighted by Crippen LogP contribution is -2.47. The molecule has 1 atom stereocenters. The molecule has 0 aliphatic rings. The zero-order valence-corrected chi connectivity index (χ0v) is 23.3. The third-order valence-electron chi connectivity index (χ3n) is 6.69. The van der Waals surface area contributed by atoms with Crippen molar-refractivity contribution in [1.82, 2.24) is 14.5 Å². The van der Waals surface area contributed by atoms with Crippen molar-refractivity contribution < 1.29 is 27.4 Å². The molecule has 0 radical (unpaired) electrons. The molecule has 1 unspecified atom stereocenters. The van der Waals surface area contributed by atoms with Crippen molar-refractivity contribution in [2.75, 3.05) is 20.8 Å². The molecule has 2 aromatic heterocycles. The van der Waals surface area contributed by atoms with Crippen LogP contribution in [0.25, 0.3) is 21.9 Å². The fraction of sp³-hybridized carbons (Fsp3) is 0.407. The van der Waals surface area contributed by atoms with Crippen molar-refractivity contribution >= 4 is 30.0 Å². The number of nitrogens with zero attached hydrogens (tertiary/aromatic N) is 3. The largest absolute Gasteiger partial charge is 0.496 e. The number of aryl methyl sites for hydroxylation is 1. The lowest BCUT2D eigenvalue weighted by atomic mass is 9.87. The lowest BCUT2D eigenvalue weighted by molar-refractivity contribution is -0.262. The highest BCUT2D eigenvalue weighted by molar-refractivity contribution is 6.76. The first-order valence-electron chi connectivity index (χ1n) is 12.1. The minimum atomic E-state index is -4.95. The molecule has 2 aromatic carbocycles. The van der Waals surface area contributed by atoms with E-state index in [0.717, 1.165) is 18.7 Å². The van der Waals surface area contributed by atoms with E-state index in [4.69, 9.17) is 14.2 Å². The predicted molar refractivity (Wildman–Crippen MR) is 142 cm³/mol. The predicted octanol–water partition coefficient (Wildman–Crippen LogP) is 6.47. The minimum absolute atomic E-state index is 0.0183. The third-order valence-corrected chi connectivity index (χ3v) is 8.40. The number of nitrogens with one attached hydrogen (secondary N) is 1. The fourth-order valence-electron chi connectivity index (χ4n) is 4.72. The number of nitriles is 1. The molecule has 4 rings (SSSR count). The van der Waals surface area contributed by atoms with Gasteiger partial charge in [-0.15, -0.1) is 0 Å². The molecular formula is C27H31F3N4O3Si. The Kier molecular flexibility index (Phi) is 7.35. The van der Waals surface area contributed by atoms with E-state index < -0.39 is 25.7 Å². The maximum Gasteiger partial charge on any atom is 0.429 e. The van der Waals surface area contributed by atoms with Crippen LogP contribution in [0.1, 0.15) is 22.5 Å². The number of alkyl halides is 3. The van der Waals surface area contributed by atoms with E-state index in [0.29, 0.717) is 23.0 Å². The molecular weight excluding hydrogens is 513 g/mol. The van der Waals surface area contributed by atoms with Gasteiger partial charge in [0.15, 0.2) is 5.82 Å². The van der Waals surface area contributed by atoms with Gasteiger partial charge in [0.25, 0.3) is 5.60 Å². The topological polar surface area (TPSA) is 85.1 Å². The highest BCUT2D eigenvalue weighted by atomic mass is 28.3.